The molecule has 1 fully saturated rings. The summed E-state index contributed by atoms with van der Waals surface area (Å²) in [5.74, 6) is -0.00256. The molecule has 0 spiro atoms. The number of aliphatic hydroxyl groups excluding tert-OH is 1. The minimum absolute atomic E-state index is 0.00256. The highest BCUT2D eigenvalue weighted by molar-refractivity contribution is 6.24. The predicted octanol–water partition coefficient (Wildman–Crippen LogP) is -0.0209. The average molecular weight is 300 g/mol. The second-order valence-electron chi connectivity index (χ2n) is 5.05. The van der Waals surface area contributed by atoms with Crippen LogP contribution in [0.5, 0.6) is 0 Å². The maximum Gasteiger partial charge on any atom is 0.280 e. The van der Waals surface area contributed by atoms with Crippen molar-refractivity contribution in [3.8, 4) is 0 Å². The van der Waals surface area contributed by atoms with Crippen LogP contribution in [0.15, 0.2) is 11.1 Å². The number of nitrogens with one attached hydrogen (secondary N) is 1. The van der Waals surface area contributed by atoms with Gasteiger partial charge in [-0.15, -0.1) is 11.6 Å². The Labute approximate surface area is 118 Å². The van der Waals surface area contributed by atoms with Crippen molar-refractivity contribution in [1.29, 1.82) is 0 Å². The average Bonchev–Trinajstić information content (AvgIpc) is 2.89. The molecule has 0 bridgehead atoms. The molecule has 8 nitrogen and oxygen atoms in total. The minimum atomic E-state index is -0.736. The quantitative estimate of drug-likeness (QED) is 0.670. The lowest BCUT2D eigenvalue weighted by molar-refractivity contribution is -0.0264. The molecule has 3 heterocycles. The first-order valence-corrected chi connectivity index (χ1v) is 6.48. The van der Waals surface area contributed by atoms with E-state index in [9.17, 15) is 9.90 Å². The van der Waals surface area contributed by atoms with Crippen molar-refractivity contribution in [3.63, 3.8) is 0 Å². The number of halogens is 1. The van der Waals surface area contributed by atoms with Crippen LogP contribution in [0.2, 0.25) is 0 Å². The number of imidazole rings is 1. The molecule has 1 aliphatic heterocycles. The van der Waals surface area contributed by atoms with Crippen molar-refractivity contribution in [1.82, 2.24) is 19.5 Å². The lowest BCUT2D eigenvalue weighted by Gasteiger charge is -2.23. The Kier molecular flexibility index (Phi) is 2.96. The number of fused-ring (bicyclic) bond motifs is 1. The fourth-order valence-corrected chi connectivity index (χ4v) is 2.82. The van der Waals surface area contributed by atoms with Crippen LogP contribution in [0.4, 0.5) is 5.95 Å². The molecule has 0 saturated carbocycles. The van der Waals surface area contributed by atoms with Crippen molar-refractivity contribution in [3.05, 3.63) is 16.7 Å². The number of anilines is 1. The summed E-state index contributed by atoms with van der Waals surface area (Å²) in [5, 5.41) is 9.22. The fourth-order valence-electron chi connectivity index (χ4n) is 2.50. The summed E-state index contributed by atoms with van der Waals surface area (Å²) < 4.78 is 7.28. The van der Waals surface area contributed by atoms with Crippen LogP contribution in [0, 0.1) is 0 Å². The Bertz CT molecular complexity index is 710. The molecule has 2 aromatic rings. The highest BCUT2D eigenvalue weighted by Crippen LogP contribution is 2.43. The predicted molar refractivity (Wildman–Crippen MR) is 72.4 cm³/mol. The number of ether oxygens (including phenoxy) is 1. The molecular weight excluding hydrogens is 286 g/mol. The molecule has 0 aromatic carbocycles. The first-order chi connectivity index (χ1) is 9.42. The van der Waals surface area contributed by atoms with Crippen molar-refractivity contribution in [2.45, 2.75) is 30.6 Å². The van der Waals surface area contributed by atoms with Gasteiger partial charge in [0.25, 0.3) is 5.56 Å². The van der Waals surface area contributed by atoms with Gasteiger partial charge in [0.1, 0.15) is 0 Å². The molecule has 3 unspecified atom stereocenters. The summed E-state index contributed by atoms with van der Waals surface area (Å²) in [6.45, 7) is 1.68. The van der Waals surface area contributed by atoms with Crippen LogP contribution in [0.1, 0.15) is 19.6 Å². The van der Waals surface area contributed by atoms with Gasteiger partial charge in [0.2, 0.25) is 5.95 Å². The molecule has 2 aromatic heterocycles. The highest BCUT2D eigenvalue weighted by atomic mass is 35.5. The number of H-pyrrole nitrogens is 1. The van der Waals surface area contributed by atoms with Crippen LogP contribution >= 0.6 is 11.6 Å². The molecule has 9 heteroatoms. The van der Waals surface area contributed by atoms with E-state index in [1.807, 2.05) is 0 Å². The van der Waals surface area contributed by atoms with Gasteiger partial charge in [-0.05, 0) is 13.3 Å². The number of aliphatic hydroxyl groups is 1. The van der Waals surface area contributed by atoms with Crippen molar-refractivity contribution < 1.29 is 9.84 Å². The summed E-state index contributed by atoms with van der Waals surface area (Å²) >= 11 is 6.45. The van der Waals surface area contributed by atoms with Crippen LogP contribution in [-0.4, -0.2) is 42.2 Å². The number of alkyl halides is 1. The zero-order valence-electron chi connectivity index (χ0n) is 10.7. The van der Waals surface area contributed by atoms with E-state index >= 15 is 0 Å². The second-order valence-corrected chi connectivity index (χ2v) is 5.91. The lowest BCUT2D eigenvalue weighted by Crippen LogP contribution is -2.26. The molecule has 3 rings (SSSR count). The van der Waals surface area contributed by atoms with Crippen LogP contribution in [0.25, 0.3) is 11.2 Å². The summed E-state index contributed by atoms with van der Waals surface area (Å²) in [5.41, 5.74) is 5.61. The third-order valence-corrected chi connectivity index (χ3v) is 3.71. The van der Waals surface area contributed by atoms with E-state index in [-0.39, 0.29) is 24.2 Å². The summed E-state index contributed by atoms with van der Waals surface area (Å²) in [6, 6.07) is 0. The van der Waals surface area contributed by atoms with E-state index in [0.717, 1.165) is 0 Å². The van der Waals surface area contributed by atoms with E-state index in [2.05, 4.69) is 15.0 Å². The maximum absolute atomic E-state index is 11.7. The van der Waals surface area contributed by atoms with Gasteiger partial charge in [-0.3, -0.25) is 14.3 Å². The first kappa shape index (κ1) is 13.3. The third kappa shape index (κ3) is 1.96. The molecule has 0 aliphatic carbocycles. The molecule has 0 radical (unpaired) electrons. The highest BCUT2D eigenvalue weighted by Gasteiger charge is 2.45. The zero-order valence-corrected chi connectivity index (χ0v) is 11.5. The Balaban J connectivity index is 2.13. The van der Waals surface area contributed by atoms with Crippen LogP contribution in [-0.2, 0) is 4.74 Å². The second kappa shape index (κ2) is 4.44. The Morgan fingerprint density at radius 1 is 1.75 bits per heavy atom. The van der Waals surface area contributed by atoms with Gasteiger partial charge < -0.3 is 15.6 Å². The number of nitrogens with zero attached hydrogens (tertiary/aromatic N) is 3. The molecule has 20 heavy (non-hydrogen) atoms. The van der Waals surface area contributed by atoms with E-state index in [4.69, 9.17) is 22.1 Å². The van der Waals surface area contributed by atoms with Crippen molar-refractivity contribution in [2.24, 2.45) is 0 Å². The van der Waals surface area contributed by atoms with Gasteiger partial charge in [-0.2, -0.15) is 4.98 Å². The number of aromatic nitrogens is 4. The Morgan fingerprint density at radius 2 is 2.50 bits per heavy atom. The van der Waals surface area contributed by atoms with Gasteiger partial charge in [-0.1, -0.05) is 0 Å². The molecule has 0 amide bonds. The molecular formula is C11H14ClN5O3. The fraction of sp³-hybridized carbons (Fsp3) is 0.545. The monoisotopic (exact) mass is 299 g/mol. The molecule has 108 valence electrons. The van der Waals surface area contributed by atoms with Crippen molar-refractivity contribution in [2.75, 3.05) is 12.3 Å². The molecule has 4 N–H and O–H groups in total. The van der Waals surface area contributed by atoms with Gasteiger partial charge in [0, 0.05) is 0 Å². The summed E-state index contributed by atoms with van der Waals surface area (Å²) in [7, 11) is 0. The third-order valence-electron chi connectivity index (χ3n) is 3.37. The number of aromatic amines is 1. The summed E-state index contributed by atoms with van der Waals surface area (Å²) in [6.07, 6.45) is 0.977. The van der Waals surface area contributed by atoms with Gasteiger partial charge in [0.15, 0.2) is 17.4 Å². The molecule has 3 atom stereocenters. The van der Waals surface area contributed by atoms with Crippen LogP contribution in [0.3, 0.4) is 0 Å². The number of hydrogen-bond donors (Lipinski definition) is 3. The normalized spacial score (nSPS) is 30.1. The number of nitrogen functional groups attached to an aromatic ring is 1. The first-order valence-electron chi connectivity index (χ1n) is 6.10. The van der Waals surface area contributed by atoms with E-state index < -0.39 is 16.7 Å². The van der Waals surface area contributed by atoms with E-state index in [1.54, 1.807) is 11.5 Å². The molecule has 1 saturated heterocycles. The Morgan fingerprint density at radius 3 is 3.15 bits per heavy atom. The van der Waals surface area contributed by atoms with E-state index in [0.29, 0.717) is 12.1 Å². The topological polar surface area (TPSA) is 119 Å². The zero-order chi connectivity index (χ0) is 14.5. The Hall–Kier alpha value is -1.64. The molecule has 1 aliphatic rings. The van der Waals surface area contributed by atoms with Crippen LogP contribution < -0.4 is 11.3 Å². The van der Waals surface area contributed by atoms with Gasteiger partial charge >= 0.3 is 0 Å². The van der Waals surface area contributed by atoms with E-state index in [1.165, 1.54) is 6.33 Å². The number of rotatable bonds is 2. The minimum Gasteiger partial charge on any atom is -0.394 e. The SMILES string of the molecule is CC1(Cl)CC(CO)OC1n1cnc2c(=O)[nH]c(N)nc21. The standard InChI is InChI=1S/C11H14ClN5O3/c1-11(12)2-5(3-18)20-9(11)17-4-14-6-7(17)15-10(13)16-8(6)19/h4-5,9,18H,2-3H2,1H3,(H3,13,15,16,19). The summed E-state index contributed by atoms with van der Waals surface area (Å²) in [4.78, 5) is 21.5. The van der Waals surface area contributed by atoms with Gasteiger partial charge in [0.05, 0.1) is 23.9 Å². The smallest absolute Gasteiger partial charge is 0.280 e. The maximum atomic E-state index is 11.7. The number of nitrogens with two attached hydrogens (primary N) is 1. The lowest BCUT2D eigenvalue weighted by atomic mass is 10.1. The largest absolute Gasteiger partial charge is 0.394 e. The van der Waals surface area contributed by atoms with Crippen molar-refractivity contribution >= 4 is 28.7 Å². The van der Waals surface area contributed by atoms with Gasteiger partial charge in [-0.25, -0.2) is 4.98 Å². The number of hydrogen-bond acceptors (Lipinski definition) is 6.